The largest absolute Gasteiger partial charge is 0.351 e. The lowest BCUT2D eigenvalue weighted by atomic mass is 10.2. The maximum absolute atomic E-state index is 14.6. The molecule has 5 rings (SSSR count). The monoisotopic (exact) mass is 406 g/mol. The summed E-state index contributed by atoms with van der Waals surface area (Å²) < 4.78 is 29.9. The first-order chi connectivity index (χ1) is 14.6. The maximum atomic E-state index is 14.6. The molecule has 1 aliphatic rings. The highest BCUT2D eigenvalue weighted by atomic mass is 19.1. The zero-order valence-electron chi connectivity index (χ0n) is 16.4. The first-order valence-corrected chi connectivity index (χ1v) is 9.84. The van der Waals surface area contributed by atoms with Gasteiger partial charge < -0.3 is 10.2 Å². The Labute approximate surface area is 172 Å². The van der Waals surface area contributed by atoms with Crippen LogP contribution in [0.3, 0.4) is 0 Å². The van der Waals surface area contributed by atoms with Crippen LogP contribution in [0.25, 0.3) is 28.2 Å². The Morgan fingerprint density at radius 2 is 1.87 bits per heavy atom. The lowest BCUT2D eigenvalue weighted by molar-refractivity contribution is 0.497. The summed E-state index contributed by atoms with van der Waals surface area (Å²) in [6.45, 7) is 4.77. The van der Waals surface area contributed by atoms with Crippen molar-refractivity contribution in [3.63, 3.8) is 0 Å². The Hall–Kier alpha value is -3.39. The van der Waals surface area contributed by atoms with E-state index in [9.17, 15) is 8.78 Å². The number of nitrogens with zero attached hydrogens (tertiary/aromatic N) is 5. The van der Waals surface area contributed by atoms with Crippen molar-refractivity contribution in [3.8, 4) is 17.1 Å². The molecule has 1 aromatic carbocycles. The summed E-state index contributed by atoms with van der Waals surface area (Å²) in [4.78, 5) is 15.9. The molecule has 152 valence electrons. The van der Waals surface area contributed by atoms with Crippen molar-refractivity contribution in [3.05, 3.63) is 66.5 Å². The molecule has 6 nitrogen and oxygen atoms in total. The van der Waals surface area contributed by atoms with E-state index < -0.39 is 11.6 Å². The number of nitrogens with one attached hydrogen (secondary N) is 1. The van der Waals surface area contributed by atoms with Crippen molar-refractivity contribution in [2.45, 2.75) is 13.0 Å². The summed E-state index contributed by atoms with van der Waals surface area (Å²) in [5.74, 6) is -0.0861. The molecule has 8 heteroatoms. The molecule has 4 aromatic rings. The summed E-state index contributed by atoms with van der Waals surface area (Å²) >= 11 is 0. The average Bonchev–Trinajstić information content (AvgIpc) is 3.13. The predicted molar refractivity (Wildman–Crippen MR) is 112 cm³/mol. The molecule has 1 N–H and O–H groups in total. The Morgan fingerprint density at radius 3 is 2.63 bits per heavy atom. The highest BCUT2D eigenvalue weighted by Gasteiger charge is 2.23. The van der Waals surface area contributed by atoms with Crippen LogP contribution >= 0.6 is 0 Å². The van der Waals surface area contributed by atoms with E-state index in [1.807, 2.05) is 24.3 Å². The van der Waals surface area contributed by atoms with Gasteiger partial charge in [-0.05, 0) is 43.3 Å². The van der Waals surface area contributed by atoms with Gasteiger partial charge in [0.2, 0.25) is 0 Å². The number of hydrogen-bond acceptors (Lipinski definition) is 5. The van der Waals surface area contributed by atoms with E-state index in [1.54, 1.807) is 17.0 Å². The number of rotatable bonds is 3. The van der Waals surface area contributed by atoms with Crippen LogP contribution in [-0.2, 0) is 0 Å². The molecule has 1 unspecified atom stereocenters. The van der Waals surface area contributed by atoms with Gasteiger partial charge in [-0.1, -0.05) is 0 Å². The van der Waals surface area contributed by atoms with E-state index in [0.29, 0.717) is 23.0 Å². The van der Waals surface area contributed by atoms with Gasteiger partial charge in [0.1, 0.15) is 28.8 Å². The van der Waals surface area contributed by atoms with Gasteiger partial charge in [0.15, 0.2) is 5.65 Å². The van der Waals surface area contributed by atoms with Gasteiger partial charge in [-0.15, -0.1) is 0 Å². The zero-order chi connectivity index (χ0) is 20.7. The van der Waals surface area contributed by atoms with Crippen LogP contribution in [0.2, 0.25) is 0 Å². The van der Waals surface area contributed by atoms with Crippen LogP contribution in [0.1, 0.15) is 6.92 Å². The third kappa shape index (κ3) is 3.19. The second-order valence-electron chi connectivity index (χ2n) is 7.36. The number of piperazine rings is 1. The second kappa shape index (κ2) is 7.46. The van der Waals surface area contributed by atoms with E-state index in [2.05, 4.69) is 27.1 Å². The molecule has 0 aliphatic carbocycles. The van der Waals surface area contributed by atoms with Crippen LogP contribution in [-0.4, -0.2) is 45.2 Å². The highest BCUT2D eigenvalue weighted by molar-refractivity contribution is 5.81. The Morgan fingerprint density at radius 1 is 1.03 bits per heavy atom. The van der Waals surface area contributed by atoms with Crippen LogP contribution in [0.15, 0.2) is 54.9 Å². The molecule has 1 fully saturated rings. The standard InChI is InChI=1S/C22H20F2N6/c1-14-13-26-10-11-29(14)20-5-4-19-22(28-20)30(16-6-8-25-9-7-16)21(27-19)17-3-2-15(23)12-18(17)24/h2-9,12,14,26H,10-11,13H2,1H3. The van der Waals surface area contributed by atoms with Crippen molar-refractivity contribution in [2.75, 3.05) is 24.5 Å². The number of pyridine rings is 2. The maximum Gasteiger partial charge on any atom is 0.167 e. The number of benzene rings is 1. The SMILES string of the molecule is CC1CNCCN1c1ccc2nc(-c3ccc(F)cc3F)n(-c3ccncc3)c2n1. The third-order valence-electron chi connectivity index (χ3n) is 5.38. The van der Waals surface area contributed by atoms with Gasteiger partial charge >= 0.3 is 0 Å². The fourth-order valence-electron chi connectivity index (χ4n) is 3.88. The zero-order valence-corrected chi connectivity index (χ0v) is 16.4. The molecule has 0 saturated carbocycles. The average molecular weight is 406 g/mol. The molecule has 0 radical (unpaired) electrons. The molecule has 0 bridgehead atoms. The minimum atomic E-state index is -0.670. The van der Waals surface area contributed by atoms with E-state index in [-0.39, 0.29) is 5.56 Å². The van der Waals surface area contributed by atoms with Crippen LogP contribution in [0.4, 0.5) is 14.6 Å². The predicted octanol–water partition coefficient (Wildman–Crippen LogP) is 3.56. The van der Waals surface area contributed by atoms with E-state index in [4.69, 9.17) is 4.98 Å². The van der Waals surface area contributed by atoms with Crippen molar-refractivity contribution < 1.29 is 8.78 Å². The minimum Gasteiger partial charge on any atom is -0.351 e. The minimum absolute atomic E-state index is 0.211. The molecule has 4 heterocycles. The van der Waals surface area contributed by atoms with Crippen molar-refractivity contribution >= 4 is 17.0 Å². The van der Waals surface area contributed by atoms with Gasteiger partial charge in [-0.3, -0.25) is 9.55 Å². The Bertz CT molecular complexity index is 1210. The quantitative estimate of drug-likeness (QED) is 0.564. The number of fused-ring (bicyclic) bond motifs is 1. The molecule has 0 amide bonds. The third-order valence-corrected chi connectivity index (χ3v) is 5.38. The Kier molecular flexibility index (Phi) is 4.63. The Balaban J connectivity index is 1.74. The van der Waals surface area contributed by atoms with Gasteiger partial charge in [0.25, 0.3) is 0 Å². The van der Waals surface area contributed by atoms with E-state index in [1.165, 1.54) is 12.1 Å². The number of halogens is 2. The molecule has 3 aromatic heterocycles. The molecular formula is C22H20F2N6. The fraction of sp³-hybridized carbons (Fsp3) is 0.227. The smallest absolute Gasteiger partial charge is 0.167 e. The number of aromatic nitrogens is 4. The fourth-order valence-corrected chi connectivity index (χ4v) is 3.88. The van der Waals surface area contributed by atoms with E-state index in [0.717, 1.165) is 37.2 Å². The van der Waals surface area contributed by atoms with Crippen LogP contribution in [0, 0.1) is 11.6 Å². The molecule has 1 saturated heterocycles. The summed E-state index contributed by atoms with van der Waals surface area (Å²) in [6.07, 6.45) is 3.32. The molecule has 0 spiro atoms. The van der Waals surface area contributed by atoms with E-state index >= 15 is 0 Å². The lowest BCUT2D eigenvalue weighted by Gasteiger charge is -2.34. The number of hydrogen-bond donors (Lipinski definition) is 1. The molecule has 30 heavy (non-hydrogen) atoms. The normalized spacial score (nSPS) is 16.9. The second-order valence-corrected chi connectivity index (χ2v) is 7.36. The van der Waals surface area contributed by atoms with Gasteiger partial charge in [0, 0.05) is 44.1 Å². The molecular weight excluding hydrogens is 386 g/mol. The first kappa shape index (κ1) is 18.6. The van der Waals surface area contributed by atoms with Gasteiger partial charge in [-0.2, -0.15) is 0 Å². The summed E-state index contributed by atoms with van der Waals surface area (Å²) in [5, 5.41) is 3.38. The first-order valence-electron chi connectivity index (χ1n) is 9.84. The van der Waals surface area contributed by atoms with Crippen LogP contribution in [0.5, 0.6) is 0 Å². The summed E-state index contributed by atoms with van der Waals surface area (Å²) in [5.41, 5.74) is 2.22. The summed E-state index contributed by atoms with van der Waals surface area (Å²) in [6, 6.07) is 11.3. The number of anilines is 1. The summed E-state index contributed by atoms with van der Waals surface area (Å²) in [7, 11) is 0. The lowest BCUT2D eigenvalue weighted by Crippen LogP contribution is -2.50. The number of imidazole rings is 1. The van der Waals surface area contributed by atoms with Crippen molar-refractivity contribution in [1.82, 2.24) is 24.8 Å². The highest BCUT2D eigenvalue weighted by Crippen LogP contribution is 2.31. The topological polar surface area (TPSA) is 58.9 Å². The van der Waals surface area contributed by atoms with Crippen molar-refractivity contribution in [2.24, 2.45) is 0 Å². The molecule has 1 aliphatic heterocycles. The van der Waals surface area contributed by atoms with Crippen LogP contribution < -0.4 is 10.2 Å². The van der Waals surface area contributed by atoms with Gasteiger partial charge in [0.05, 0.1) is 11.3 Å². The van der Waals surface area contributed by atoms with Crippen molar-refractivity contribution in [1.29, 1.82) is 0 Å². The molecule has 1 atom stereocenters. The van der Waals surface area contributed by atoms with Gasteiger partial charge in [-0.25, -0.2) is 18.7 Å².